The van der Waals surface area contributed by atoms with Crippen LogP contribution in [0.15, 0.2) is 18.3 Å². The minimum atomic E-state index is -0.431. The van der Waals surface area contributed by atoms with Gasteiger partial charge >= 0.3 is 0 Å². The van der Waals surface area contributed by atoms with Crippen molar-refractivity contribution in [3.05, 3.63) is 29.7 Å². The minimum Gasteiger partial charge on any atom is -0.504 e. The number of carbonyl (C=O) groups excluding carboxylic acids is 1. The molecular weight excluding hydrogens is 321 g/mol. The number of nitriles is 1. The molecule has 2 aromatic rings. The van der Waals surface area contributed by atoms with Gasteiger partial charge in [-0.15, -0.1) is 0 Å². The Labute approximate surface area is 104 Å². The Balaban J connectivity index is 2.95. The third-order valence-electron chi connectivity index (χ3n) is 2.03. The van der Waals surface area contributed by atoms with Gasteiger partial charge in [-0.2, -0.15) is 5.26 Å². The molecule has 0 spiro atoms. The van der Waals surface area contributed by atoms with Gasteiger partial charge in [-0.05, 0) is 12.1 Å². The van der Waals surface area contributed by atoms with E-state index in [1.807, 2.05) is 6.07 Å². The van der Waals surface area contributed by atoms with Crippen molar-refractivity contribution in [2.24, 2.45) is 0 Å². The molecule has 16 heavy (non-hydrogen) atoms. The number of pyridine rings is 2. The Morgan fingerprint density at radius 2 is 2.31 bits per heavy atom. The maximum atomic E-state index is 11.2. The van der Waals surface area contributed by atoms with E-state index in [1.165, 1.54) is 28.8 Å². The second-order valence-electron chi connectivity index (χ2n) is 2.94. The molecule has 0 unspecified atom stereocenters. The van der Waals surface area contributed by atoms with E-state index in [9.17, 15) is 9.90 Å². The first-order valence-electron chi connectivity index (χ1n) is 4.22. The molecule has 5 nitrogen and oxygen atoms in total. The minimum absolute atomic E-state index is 0.0842. The quantitative estimate of drug-likeness (QED) is 0.638. The van der Waals surface area contributed by atoms with Gasteiger partial charge in [-0.3, -0.25) is 9.78 Å². The van der Waals surface area contributed by atoms with E-state index in [0.29, 0.717) is 5.39 Å². The Kier molecular flexibility index (Phi) is 2.70. The molecule has 0 aromatic carbocycles. The molecular formula is C10H4IN3O2. The van der Waals surface area contributed by atoms with Gasteiger partial charge in [0.1, 0.15) is 11.6 Å². The molecule has 0 amide bonds. The number of nitrogens with zero attached hydrogens (tertiary/aromatic N) is 3. The number of halogens is 1. The largest absolute Gasteiger partial charge is 0.504 e. The van der Waals surface area contributed by atoms with Gasteiger partial charge in [0.2, 0.25) is 3.79 Å². The Morgan fingerprint density at radius 1 is 1.56 bits per heavy atom. The number of fused-ring (bicyclic) bond motifs is 1. The van der Waals surface area contributed by atoms with E-state index in [-0.39, 0.29) is 22.7 Å². The van der Waals surface area contributed by atoms with Crippen molar-refractivity contribution in [1.82, 2.24) is 9.97 Å². The van der Waals surface area contributed by atoms with Crippen LogP contribution in [0.2, 0.25) is 0 Å². The highest BCUT2D eigenvalue weighted by molar-refractivity contribution is 14.1. The fourth-order valence-corrected chi connectivity index (χ4v) is 1.72. The molecule has 0 radical (unpaired) electrons. The Bertz CT molecular complexity index is 634. The third kappa shape index (κ3) is 1.59. The highest BCUT2D eigenvalue weighted by Crippen LogP contribution is 2.28. The summed E-state index contributed by atoms with van der Waals surface area (Å²) in [5.74, 6) is -0.283. The van der Waals surface area contributed by atoms with Gasteiger partial charge in [-0.25, -0.2) is 4.98 Å². The third-order valence-corrected chi connectivity index (χ3v) is 2.54. The molecule has 0 fully saturated rings. The van der Waals surface area contributed by atoms with Crippen molar-refractivity contribution in [2.75, 3.05) is 0 Å². The zero-order valence-electron chi connectivity index (χ0n) is 7.81. The van der Waals surface area contributed by atoms with E-state index in [1.54, 1.807) is 12.1 Å². The molecule has 1 N–H and O–H groups in total. The molecule has 0 aliphatic carbocycles. The highest BCUT2D eigenvalue weighted by atomic mass is 127. The van der Waals surface area contributed by atoms with Gasteiger partial charge in [0.05, 0.1) is 0 Å². The van der Waals surface area contributed by atoms with E-state index in [2.05, 4.69) is 9.97 Å². The molecule has 0 saturated carbocycles. The second-order valence-corrected chi connectivity index (χ2v) is 3.92. The van der Waals surface area contributed by atoms with Crippen LogP contribution in [-0.4, -0.2) is 18.9 Å². The van der Waals surface area contributed by atoms with Gasteiger partial charge in [0.25, 0.3) is 0 Å². The van der Waals surface area contributed by atoms with Crippen LogP contribution in [0, 0.1) is 11.3 Å². The number of carbonyl (C=O) groups is 1. The maximum absolute atomic E-state index is 11.2. The zero-order valence-corrected chi connectivity index (χ0v) is 9.96. The molecule has 6 heteroatoms. The normalized spacial score (nSPS) is 10.0. The van der Waals surface area contributed by atoms with Crippen molar-refractivity contribution in [1.29, 1.82) is 5.26 Å². The fraction of sp³-hybridized carbons (Fsp3) is 0. The highest BCUT2D eigenvalue weighted by Gasteiger charge is 2.17. The summed E-state index contributed by atoms with van der Waals surface area (Å²) < 4.78 is -0.431. The Morgan fingerprint density at radius 3 is 2.94 bits per heavy atom. The van der Waals surface area contributed by atoms with Crippen LogP contribution >= 0.6 is 22.6 Å². The van der Waals surface area contributed by atoms with Crippen molar-refractivity contribution in [2.45, 2.75) is 0 Å². The van der Waals surface area contributed by atoms with Gasteiger partial charge < -0.3 is 5.11 Å². The Hall–Kier alpha value is -1.75. The van der Waals surface area contributed by atoms with Crippen LogP contribution in [0.1, 0.15) is 16.2 Å². The van der Waals surface area contributed by atoms with Crippen LogP contribution in [0.3, 0.4) is 0 Å². The lowest BCUT2D eigenvalue weighted by Crippen LogP contribution is -1.99. The average Bonchev–Trinajstić information content (AvgIpc) is 2.29. The molecule has 0 aliphatic rings. The molecule has 2 heterocycles. The smallest absolute Gasteiger partial charge is 0.244 e. The van der Waals surface area contributed by atoms with Crippen molar-refractivity contribution in [3.63, 3.8) is 0 Å². The van der Waals surface area contributed by atoms with Crippen molar-refractivity contribution in [3.8, 4) is 11.8 Å². The molecule has 2 aromatic heterocycles. The summed E-state index contributed by atoms with van der Waals surface area (Å²) in [6.07, 6.45) is 1.48. The van der Waals surface area contributed by atoms with Crippen molar-refractivity contribution < 1.29 is 9.90 Å². The van der Waals surface area contributed by atoms with E-state index >= 15 is 0 Å². The lowest BCUT2D eigenvalue weighted by molar-refractivity contribution is 0.110. The summed E-state index contributed by atoms with van der Waals surface area (Å²) in [5.41, 5.74) is 0.165. The number of rotatable bonds is 1. The van der Waals surface area contributed by atoms with Crippen LogP contribution in [0.5, 0.6) is 5.75 Å². The molecule has 78 valence electrons. The van der Waals surface area contributed by atoms with Gasteiger partial charge in [0.15, 0.2) is 17.1 Å². The van der Waals surface area contributed by atoms with Crippen LogP contribution in [0.4, 0.5) is 0 Å². The SMILES string of the molecule is N#Cc1nc(C(=O)I)c(O)c2ncccc12. The summed E-state index contributed by atoms with van der Waals surface area (Å²) in [4.78, 5) is 19.0. The lowest BCUT2D eigenvalue weighted by Gasteiger charge is -2.04. The van der Waals surface area contributed by atoms with E-state index in [0.717, 1.165) is 0 Å². The molecule has 2 rings (SSSR count). The van der Waals surface area contributed by atoms with E-state index in [4.69, 9.17) is 5.26 Å². The number of aromatic nitrogens is 2. The van der Waals surface area contributed by atoms with E-state index < -0.39 is 3.79 Å². The fourth-order valence-electron chi connectivity index (χ4n) is 1.34. The van der Waals surface area contributed by atoms with Crippen molar-refractivity contribution >= 4 is 37.3 Å². The summed E-state index contributed by atoms with van der Waals surface area (Å²) >= 11 is 1.50. The predicted octanol–water partition coefficient (Wildman–Crippen LogP) is 1.78. The summed E-state index contributed by atoms with van der Waals surface area (Å²) in [7, 11) is 0. The first-order valence-corrected chi connectivity index (χ1v) is 5.30. The van der Waals surface area contributed by atoms with Gasteiger partial charge in [0, 0.05) is 34.2 Å². The topological polar surface area (TPSA) is 86.9 Å². The molecule has 0 atom stereocenters. The summed E-state index contributed by atoms with van der Waals surface area (Å²) in [5, 5.41) is 19.1. The predicted molar refractivity (Wildman–Crippen MR) is 64.3 cm³/mol. The number of hydrogen-bond acceptors (Lipinski definition) is 5. The van der Waals surface area contributed by atoms with Gasteiger partial charge in [-0.1, -0.05) is 0 Å². The van der Waals surface area contributed by atoms with Crippen LogP contribution in [0.25, 0.3) is 10.9 Å². The number of aromatic hydroxyl groups is 1. The standard InChI is InChI=1S/C10H4IN3O2/c11-10(16)8-9(15)7-5(2-1-3-13-7)6(4-12)14-8/h1-3,15H. The first-order chi connectivity index (χ1) is 7.65. The molecule has 0 saturated heterocycles. The zero-order chi connectivity index (χ0) is 11.7. The monoisotopic (exact) mass is 325 g/mol. The second kappa shape index (κ2) is 4.02. The van der Waals surface area contributed by atoms with Crippen LogP contribution < -0.4 is 0 Å². The lowest BCUT2D eigenvalue weighted by atomic mass is 10.1. The molecule has 0 aliphatic heterocycles. The maximum Gasteiger partial charge on any atom is 0.244 e. The first kappa shape index (κ1) is 10.8. The van der Waals surface area contributed by atoms with Crippen LogP contribution in [-0.2, 0) is 0 Å². The average molecular weight is 325 g/mol. The summed E-state index contributed by atoms with van der Waals surface area (Å²) in [6.45, 7) is 0. The summed E-state index contributed by atoms with van der Waals surface area (Å²) in [6, 6.07) is 5.13. The number of hydrogen-bond donors (Lipinski definition) is 1. The molecule has 0 bridgehead atoms.